The van der Waals surface area contributed by atoms with Gasteiger partial charge in [-0.3, -0.25) is 4.79 Å². The van der Waals surface area contributed by atoms with Gasteiger partial charge >= 0.3 is 0 Å². The van der Waals surface area contributed by atoms with Crippen molar-refractivity contribution >= 4 is 26.7 Å². The average Bonchev–Trinajstić information content (AvgIpc) is 3.32. The normalized spacial score (nSPS) is 17.4. The van der Waals surface area contributed by atoms with Gasteiger partial charge in [-0.1, -0.05) is 60.7 Å². The molecule has 8 heteroatoms. The van der Waals surface area contributed by atoms with Crippen molar-refractivity contribution in [2.75, 3.05) is 19.7 Å². The summed E-state index contributed by atoms with van der Waals surface area (Å²) >= 11 is 0. The molecule has 0 radical (unpaired) electrons. The maximum absolute atomic E-state index is 13.3. The number of carbonyl (C=O) groups excluding carboxylic acids is 1. The van der Waals surface area contributed by atoms with Crippen molar-refractivity contribution in [3.05, 3.63) is 78.4 Å². The Hall–Kier alpha value is -2.78. The van der Waals surface area contributed by atoms with E-state index in [0.29, 0.717) is 13.1 Å². The van der Waals surface area contributed by atoms with Crippen LogP contribution < -0.4 is 10.5 Å². The first-order valence-corrected chi connectivity index (χ1v) is 12.6. The summed E-state index contributed by atoms with van der Waals surface area (Å²) in [6, 6.07) is 20.9. The van der Waals surface area contributed by atoms with Gasteiger partial charge in [0, 0.05) is 19.1 Å². The Balaban J connectivity index is 1.54. The van der Waals surface area contributed by atoms with E-state index in [4.69, 9.17) is 10.5 Å². The van der Waals surface area contributed by atoms with Gasteiger partial charge in [-0.05, 0) is 41.3 Å². The number of nitrogens with one attached hydrogen (secondary N) is 1. The molecule has 33 heavy (non-hydrogen) atoms. The van der Waals surface area contributed by atoms with Crippen molar-refractivity contribution in [3.63, 3.8) is 0 Å². The number of nitrogens with two attached hydrogens (primary N) is 1. The minimum atomic E-state index is -3.95. The van der Waals surface area contributed by atoms with Gasteiger partial charge in [0.05, 0.1) is 18.1 Å². The number of benzene rings is 3. The molecule has 0 bridgehead atoms. The lowest BCUT2D eigenvalue weighted by molar-refractivity contribution is -0.135. The predicted octanol–water partition coefficient (Wildman–Crippen LogP) is 2.65. The summed E-state index contributed by atoms with van der Waals surface area (Å²) in [7, 11) is -3.95. The molecule has 1 aliphatic heterocycles. The summed E-state index contributed by atoms with van der Waals surface area (Å²) in [5.74, 6) is -0.305. The number of hydrogen-bond acceptors (Lipinski definition) is 5. The SMILES string of the molecule is NC[C@@H]1CCCN1C(=O)[C@@H](COCc1ccccc1)NS(=O)(=O)c1ccc2ccccc2c1. The van der Waals surface area contributed by atoms with Crippen LogP contribution in [0.4, 0.5) is 0 Å². The van der Waals surface area contributed by atoms with Gasteiger partial charge in [0.25, 0.3) is 0 Å². The van der Waals surface area contributed by atoms with Gasteiger partial charge in [0.15, 0.2) is 0 Å². The van der Waals surface area contributed by atoms with Gasteiger partial charge in [-0.2, -0.15) is 4.72 Å². The first kappa shape index (κ1) is 23.4. The van der Waals surface area contributed by atoms with E-state index in [1.165, 1.54) is 0 Å². The van der Waals surface area contributed by atoms with Crippen molar-refractivity contribution in [1.82, 2.24) is 9.62 Å². The molecule has 0 unspecified atom stereocenters. The molecule has 2 atom stereocenters. The van der Waals surface area contributed by atoms with Gasteiger partial charge in [0.1, 0.15) is 6.04 Å². The summed E-state index contributed by atoms with van der Waals surface area (Å²) < 4.78 is 34.8. The van der Waals surface area contributed by atoms with Crippen LogP contribution in [0.15, 0.2) is 77.7 Å². The van der Waals surface area contributed by atoms with Crippen LogP contribution in [0.1, 0.15) is 18.4 Å². The third kappa shape index (κ3) is 5.59. The minimum absolute atomic E-state index is 0.0751. The van der Waals surface area contributed by atoms with Gasteiger partial charge in [0.2, 0.25) is 15.9 Å². The Morgan fingerprint density at radius 3 is 2.55 bits per heavy atom. The Morgan fingerprint density at radius 2 is 1.79 bits per heavy atom. The highest BCUT2D eigenvalue weighted by atomic mass is 32.2. The molecule has 1 fully saturated rings. The standard InChI is InChI=1S/C25H29N3O4S/c26-16-22-11-6-14-28(22)25(29)24(18-32-17-19-7-2-1-3-8-19)27-33(30,31)23-13-12-20-9-4-5-10-21(20)15-23/h1-5,7-10,12-13,15,22,24,27H,6,11,14,16-18,26H2/t22-,24+/m0/s1. The monoisotopic (exact) mass is 467 g/mol. The van der Waals surface area contributed by atoms with Crippen molar-refractivity contribution < 1.29 is 17.9 Å². The average molecular weight is 468 g/mol. The molecule has 1 heterocycles. The number of hydrogen-bond donors (Lipinski definition) is 2. The molecule has 1 amide bonds. The van der Waals surface area contributed by atoms with Gasteiger partial charge < -0.3 is 15.4 Å². The van der Waals surface area contributed by atoms with E-state index >= 15 is 0 Å². The van der Waals surface area contributed by atoms with E-state index in [-0.39, 0.29) is 30.1 Å². The van der Waals surface area contributed by atoms with Gasteiger partial charge in [-0.25, -0.2) is 8.42 Å². The Labute approximate surface area is 194 Å². The lowest BCUT2D eigenvalue weighted by Crippen LogP contribution is -2.53. The van der Waals surface area contributed by atoms with Crippen LogP contribution in [0.3, 0.4) is 0 Å². The highest BCUT2D eigenvalue weighted by Crippen LogP contribution is 2.21. The molecule has 0 saturated carbocycles. The van der Waals surface area contributed by atoms with Crippen LogP contribution in [-0.4, -0.2) is 51.0 Å². The molecule has 3 aromatic rings. The first-order chi connectivity index (χ1) is 16.0. The largest absolute Gasteiger partial charge is 0.375 e. The summed E-state index contributed by atoms with van der Waals surface area (Å²) in [5.41, 5.74) is 6.79. The second-order valence-corrected chi connectivity index (χ2v) is 9.96. The smallest absolute Gasteiger partial charge is 0.243 e. The Kier molecular flexibility index (Phi) is 7.39. The topological polar surface area (TPSA) is 102 Å². The zero-order valence-electron chi connectivity index (χ0n) is 18.4. The molecule has 1 saturated heterocycles. The molecule has 0 aliphatic carbocycles. The molecule has 4 rings (SSSR count). The zero-order chi connectivity index (χ0) is 23.3. The highest BCUT2D eigenvalue weighted by molar-refractivity contribution is 7.89. The minimum Gasteiger partial charge on any atom is -0.375 e. The van der Waals surface area contributed by atoms with Crippen molar-refractivity contribution in [1.29, 1.82) is 0 Å². The number of amides is 1. The maximum Gasteiger partial charge on any atom is 0.243 e. The third-order valence-electron chi connectivity index (χ3n) is 5.96. The Morgan fingerprint density at radius 1 is 1.06 bits per heavy atom. The number of likely N-dealkylation sites (tertiary alicyclic amines) is 1. The summed E-state index contributed by atoms with van der Waals surface area (Å²) in [6.07, 6.45) is 1.67. The van der Waals surface area contributed by atoms with Crippen molar-refractivity contribution in [3.8, 4) is 0 Å². The number of fused-ring (bicyclic) bond motifs is 1. The second kappa shape index (κ2) is 10.4. The van der Waals surface area contributed by atoms with Crippen LogP contribution in [0, 0.1) is 0 Å². The fraction of sp³-hybridized carbons (Fsp3) is 0.320. The molecule has 1 aliphatic rings. The molecule has 3 N–H and O–H groups in total. The third-order valence-corrected chi connectivity index (χ3v) is 7.42. The molecule has 0 spiro atoms. The zero-order valence-corrected chi connectivity index (χ0v) is 19.2. The summed E-state index contributed by atoms with van der Waals surface area (Å²) in [6.45, 7) is 1.12. The lowest BCUT2D eigenvalue weighted by atomic mass is 10.1. The fourth-order valence-electron chi connectivity index (χ4n) is 4.19. The maximum atomic E-state index is 13.3. The molecule has 0 aromatic heterocycles. The fourth-order valence-corrected chi connectivity index (χ4v) is 5.39. The summed E-state index contributed by atoms with van der Waals surface area (Å²) in [4.78, 5) is 15.1. The highest BCUT2D eigenvalue weighted by Gasteiger charge is 2.35. The molecular formula is C25H29N3O4S. The number of carbonyl (C=O) groups is 1. The van der Waals surface area contributed by atoms with Crippen molar-refractivity contribution in [2.24, 2.45) is 5.73 Å². The van der Waals surface area contributed by atoms with Crippen LogP contribution in [0.5, 0.6) is 0 Å². The van der Waals surface area contributed by atoms with Crippen molar-refractivity contribution in [2.45, 2.75) is 36.4 Å². The Bertz CT molecular complexity index is 1200. The second-order valence-electron chi connectivity index (χ2n) is 8.25. The summed E-state index contributed by atoms with van der Waals surface area (Å²) in [5, 5.41) is 1.75. The van der Waals surface area contributed by atoms with Crippen LogP contribution in [0.25, 0.3) is 10.8 Å². The van der Waals surface area contributed by atoms with Crippen LogP contribution >= 0.6 is 0 Å². The number of nitrogens with zero attached hydrogens (tertiary/aromatic N) is 1. The number of ether oxygens (including phenoxy) is 1. The van der Waals surface area contributed by atoms with Crippen LogP contribution in [0.2, 0.25) is 0 Å². The van der Waals surface area contributed by atoms with Crippen LogP contribution in [-0.2, 0) is 26.2 Å². The first-order valence-electron chi connectivity index (χ1n) is 11.1. The van der Waals surface area contributed by atoms with E-state index < -0.39 is 16.1 Å². The number of sulfonamides is 1. The van der Waals surface area contributed by atoms with E-state index in [1.54, 1.807) is 23.1 Å². The van der Waals surface area contributed by atoms with Gasteiger partial charge in [-0.15, -0.1) is 0 Å². The molecule has 174 valence electrons. The lowest BCUT2D eigenvalue weighted by Gasteiger charge is -2.28. The quantitative estimate of drug-likeness (QED) is 0.504. The number of rotatable bonds is 9. The predicted molar refractivity (Wildman–Crippen MR) is 128 cm³/mol. The molecule has 3 aromatic carbocycles. The van der Waals surface area contributed by atoms with E-state index in [1.807, 2.05) is 54.6 Å². The van der Waals surface area contributed by atoms with E-state index in [2.05, 4.69) is 4.72 Å². The van der Waals surface area contributed by atoms with E-state index in [0.717, 1.165) is 29.2 Å². The molecular weight excluding hydrogens is 438 g/mol. The van der Waals surface area contributed by atoms with E-state index in [9.17, 15) is 13.2 Å². The molecule has 7 nitrogen and oxygen atoms in total.